The van der Waals surface area contributed by atoms with E-state index < -0.39 is 63.8 Å². The molecule has 0 radical (unpaired) electrons. The number of hydrogen-bond acceptors (Lipinski definition) is 19. The van der Waals surface area contributed by atoms with Crippen molar-refractivity contribution < 1.29 is 68.2 Å². The summed E-state index contributed by atoms with van der Waals surface area (Å²) in [6.45, 7) is 0.134. The number of aromatic carboxylic acids is 1. The fourth-order valence-corrected chi connectivity index (χ4v) is 6.65. The van der Waals surface area contributed by atoms with Crippen LogP contribution in [-0.4, -0.2) is 66.3 Å². The lowest BCUT2D eigenvalue weighted by molar-refractivity contribution is -0.120. The number of phenolic OH excluding ortho intramolecular Hbond substituents is 2. The Bertz CT molecular complexity index is 3140. The van der Waals surface area contributed by atoms with E-state index in [1.807, 2.05) is 0 Å². The zero-order valence-corrected chi connectivity index (χ0v) is 31.5. The summed E-state index contributed by atoms with van der Waals surface area (Å²) in [6, 6.07) is 19.6. The average Bonchev–Trinajstić information content (AvgIpc) is 3.16. The lowest BCUT2D eigenvalue weighted by Crippen LogP contribution is -2.01. The molecule has 0 aliphatic carbocycles. The minimum atomic E-state index is -4.98. The van der Waals surface area contributed by atoms with Gasteiger partial charge in [0, 0.05) is 10.8 Å². The molecule has 7 N–H and O–H groups in total. The molecule has 0 aromatic heterocycles. The Hall–Kier alpha value is -7.58. The van der Waals surface area contributed by atoms with Gasteiger partial charge in [-0.2, -0.15) is 21.9 Å². The van der Waals surface area contributed by atoms with Gasteiger partial charge in [-0.15, -0.1) is 38.2 Å². The number of rotatable bonds is 11. The van der Waals surface area contributed by atoms with Crippen LogP contribution in [0.25, 0.3) is 21.5 Å². The van der Waals surface area contributed by atoms with E-state index >= 15 is 0 Å². The Balaban J connectivity index is 0.00000158. The monoisotopic (exact) mass is 865 g/mol. The zero-order valence-electron chi connectivity index (χ0n) is 29.0. The Morgan fingerprint density at radius 3 is 1.90 bits per heavy atom. The van der Waals surface area contributed by atoms with Crippen LogP contribution in [0, 0.1) is 0 Å². The third-order valence-electron chi connectivity index (χ3n) is 7.80. The number of fused-ring (bicyclic) bond motifs is 2. The van der Waals surface area contributed by atoms with Crippen molar-refractivity contribution in [2.45, 2.75) is 9.79 Å². The second kappa shape index (κ2) is 17.3. The Labute approximate surface area is 331 Å². The van der Waals surface area contributed by atoms with E-state index in [2.05, 4.69) is 30.7 Å². The number of para-hydroxylation sites is 1. The number of nitrogens with zero attached hydrogens (tertiary/aromatic N) is 6. The molecular weight excluding hydrogens is 843 g/mol. The van der Waals surface area contributed by atoms with Crippen molar-refractivity contribution >= 4 is 105 Å². The van der Waals surface area contributed by atoms with Crippen LogP contribution in [0.1, 0.15) is 10.4 Å². The highest BCUT2D eigenvalue weighted by molar-refractivity contribution is 7.86. The molecule has 302 valence electrons. The standard InChI is InChI=1S/C34H23N7O12S2.O3S/c35-30-25(15-27(54(47,48)49)20-11-12-24(33(44)29(20)30)39-37-22-6-2-1-5-19(22)34(45)46)40-36-18-10-9-17-13-28(55(50,51)52)31(32(43)21(17)14-18)41-38-23-7-3-4-8-26(23)53-16-42;1-4(2)3/h1-16,43-44H,35H2,(H,45,46)(H,47,48,49)(H,50,51,52);. The van der Waals surface area contributed by atoms with Crippen LogP contribution >= 0.6 is 0 Å². The lowest BCUT2D eigenvalue weighted by Gasteiger charge is -2.12. The zero-order chi connectivity index (χ0) is 43.2. The number of carbonyl (C=O) groups is 2. The van der Waals surface area contributed by atoms with Gasteiger partial charge in [0.05, 0.1) is 22.3 Å². The first-order valence-electron chi connectivity index (χ1n) is 15.7. The molecule has 0 bridgehead atoms. The molecule has 0 fully saturated rings. The van der Waals surface area contributed by atoms with Crippen molar-refractivity contribution in [3.63, 3.8) is 0 Å². The topological polar surface area (TPSA) is 364 Å². The Kier molecular flexibility index (Phi) is 12.5. The van der Waals surface area contributed by atoms with Crippen LogP contribution in [0.5, 0.6) is 17.2 Å². The summed E-state index contributed by atoms with van der Waals surface area (Å²) in [7, 11) is -13.1. The van der Waals surface area contributed by atoms with Crippen LogP contribution in [0.2, 0.25) is 0 Å². The smallest absolute Gasteiger partial charge is 0.425 e. The quantitative estimate of drug-likeness (QED) is 0.0332. The van der Waals surface area contributed by atoms with Crippen molar-refractivity contribution in [2.75, 3.05) is 5.73 Å². The normalized spacial score (nSPS) is 11.9. The summed E-state index contributed by atoms with van der Waals surface area (Å²) in [5.74, 6) is -2.79. The van der Waals surface area contributed by atoms with E-state index in [0.29, 0.717) is 0 Å². The van der Waals surface area contributed by atoms with Gasteiger partial charge in [-0.05, 0) is 60.0 Å². The third-order valence-corrected chi connectivity index (χ3v) is 9.56. The van der Waals surface area contributed by atoms with Gasteiger partial charge >= 0.3 is 16.6 Å². The second-order valence-electron chi connectivity index (χ2n) is 11.4. The predicted octanol–water partition coefficient (Wildman–Crippen LogP) is 6.96. The molecule has 0 saturated heterocycles. The molecule has 0 aliphatic heterocycles. The minimum Gasteiger partial charge on any atom is -0.505 e. The van der Waals surface area contributed by atoms with Gasteiger partial charge < -0.3 is 25.8 Å². The number of anilines is 1. The largest absolute Gasteiger partial charge is 0.505 e. The molecule has 0 saturated carbocycles. The van der Waals surface area contributed by atoms with Crippen molar-refractivity contribution in [3.05, 3.63) is 96.6 Å². The first kappa shape index (κ1) is 42.6. The van der Waals surface area contributed by atoms with E-state index in [0.717, 1.165) is 12.1 Å². The van der Waals surface area contributed by atoms with Crippen molar-refractivity contribution in [1.82, 2.24) is 0 Å². The maximum Gasteiger partial charge on any atom is 0.425 e. The lowest BCUT2D eigenvalue weighted by atomic mass is 10.1. The highest BCUT2D eigenvalue weighted by Gasteiger charge is 2.24. The molecule has 22 nitrogen and oxygen atoms in total. The SMILES string of the molecule is Nc1c(N=Nc2ccc3cc(S(=O)(=O)O)c(N=Nc4ccccc4OC=O)c(O)c3c2)cc(S(=O)(=O)O)c2ccc(N=Nc3ccccc3C(=O)O)c(O)c12.O=S(=O)=O. The third kappa shape index (κ3) is 9.70. The van der Waals surface area contributed by atoms with Gasteiger partial charge in [0.1, 0.15) is 38.2 Å². The number of aromatic hydroxyl groups is 2. The van der Waals surface area contributed by atoms with Crippen LogP contribution in [0.3, 0.4) is 0 Å². The number of carbonyl (C=O) groups excluding carboxylic acids is 1. The fraction of sp³-hybridized carbons (Fsp3) is 0. The van der Waals surface area contributed by atoms with Gasteiger partial charge in [0.2, 0.25) is 0 Å². The van der Waals surface area contributed by atoms with Gasteiger partial charge in [0.15, 0.2) is 17.2 Å². The summed E-state index contributed by atoms with van der Waals surface area (Å²) >= 11 is 0. The number of benzene rings is 6. The van der Waals surface area contributed by atoms with Gasteiger partial charge in [-0.3, -0.25) is 13.9 Å². The molecule has 6 rings (SSSR count). The van der Waals surface area contributed by atoms with E-state index in [-0.39, 0.29) is 73.5 Å². The van der Waals surface area contributed by atoms with Crippen molar-refractivity contribution in [2.24, 2.45) is 30.7 Å². The molecule has 6 aromatic carbocycles. The molecule has 0 spiro atoms. The Morgan fingerprint density at radius 2 is 1.25 bits per heavy atom. The summed E-state index contributed by atoms with van der Waals surface area (Å²) in [4.78, 5) is 20.9. The molecule has 0 aliphatic rings. The molecule has 0 unspecified atom stereocenters. The van der Waals surface area contributed by atoms with Crippen LogP contribution in [-0.2, 0) is 35.6 Å². The second-order valence-corrected chi connectivity index (χ2v) is 14.6. The maximum atomic E-state index is 12.4. The van der Waals surface area contributed by atoms with E-state index in [9.17, 15) is 50.8 Å². The molecule has 0 heterocycles. The van der Waals surface area contributed by atoms with E-state index in [1.54, 1.807) is 0 Å². The number of hydrogen-bond donors (Lipinski definition) is 6. The number of azo groups is 3. The highest BCUT2D eigenvalue weighted by Crippen LogP contribution is 2.46. The number of carboxylic acid groups (broad SMARTS) is 1. The fourth-order valence-electron chi connectivity index (χ4n) is 5.28. The van der Waals surface area contributed by atoms with E-state index in [4.69, 9.17) is 23.1 Å². The summed E-state index contributed by atoms with van der Waals surface area (Å²) in [5, 5.41) is 54.8. The summed E-state index contributed by atoms with van der Waals surface area (Å²) < 4.78 is 99.6. The molecule has 6 aromatic rings. The van der Waals surface area contributed by atoms with Crippen LogP contribution < -0.4 is 10.5 Å². The number of carboxylic acids is 1. The maximum absolute atomic E-state index is 12.4. The first-order valence-corrected chi connectivity index (χ1v) is 19.6. The summed E-state index contributed by atoms with van der Waals surface area (Å²) in [5.41, 5.74) is 4.42. The van der Waals surface area contributed by atoms with Crippen molar-refractivity contribution in [1.29, 1.82) is 0 Å². The minimum absolute atomic E-state index is 0.0215. The number of phenols is 2. The predicted molar refractivity (Wildman–Crippen MR) is 204 cm³/mol. The van der Waals surface area contributed by atoms with Crippen LogP contribution in [0.15, 0.2) is 131 Å². The molecule has 59 heavy (non-hydrogen) atoms. The number of nitrogen functional groups attached to an aromatic ring is 1. The van der Waals surface area contributed by atoms with Gasteiger partial charge in [-0.25, -0.2) is 4.79 Å². The number of ether oxygens (including phenoxy) is 1. The first-order chi connectivity index (χ1) is 27.8. The molecule has 0 amide bonds. The Morgan fingerprint density at radius 1 is 0.661 bits per heavy atom. The number of nitrogens with two attached hydrogens (primary N) is 1. The highest BCUT2D eigenvalue weighted by atomic mass is 32.2. The molecular formula is C34H23N7O15S3. The average molecular weight is 866 g/mol. The molecule has 0 atom stereocenters. The van der Waals surface area contributed by atoms with Crippen molar-refractivity contribution in [3.8, 4) is 17.2 Å². The van der Waals surface area contributed by atoms with Crippen LogP contribution in [0.4, 0.5) is 39.8 Å². The molecule has 25 heteroatoms. The van der Waals surface area contributed by atoms with Gasteiger partial charge in [0.25, 0.3) is 26.7 Å². The summed E-state index contributed by atoms with van der Waals surface area (Å²) in [6.07, 6.45) is 0. The van der Waals surface area contributed by atoms with E-state index in [1.165, 1.54) is 78.9 Å². The van der Waals surface area contributed by atoms with Gasteiger partial charge in [-0.1, -0.05) is 36.4 Å².